The average molecular weight is 333 g/mol. The van der Waals surface area contributed by atoms with Gasteiger partial charge in [-0.1, -0.05) is 29.8 Å². The molecule has 0 spiro atoms. The lowest BCUT2D eigenvalue weighted by Crippen LogP contribution is -2.22. The first-order valence-corrected chi connectivity index (χ1v) is 8.35. The molecule has 0 saturated carbocycles. The lowest BCUT2D eigenvalue weighted by atomic mass is 10.2. The van der Waals surface area contributed by atoms with Crippen molar-refractivity contribution in [2.75, 3.05) is 5.32 Å². The molecule has 6 nitrogen and oxygen atoms in total. The Labute approximate surface area is 144 Å². The lowest BCUT2D eigenvalue weighted by Gasteiger charge is -2.10. The number of fused-ring (bicyclic) bond motifs is 3. The number of anilines is 1. The zero-order chi connectivity index (χ0) is 17.4. The second-order valence-electron chi connectivity index (χ2n) is 6.04. The zero-order valence-electron chi connectivity index (χ0n) is 14.2. The second-order valence-corrected chi connectivity index (χ2v) is 6.04. The average Bonchev–Trinajstić information content (AvgIpc) is 3.06. The number of benzene rings is 2. The summed E-state index contributed by atoms with van der Waals surface area (Å²) in [6, 6.07) is 15.8. The van der Waals surface area contributed by atoms with Crippen LogP contribution in [0.1, 0.15) is 18.3 Å². The smallest absolute Gasteiger partial charge is 0.262 e. The maximum absolute atomic E-state index is 12.7. The van der Waals surface area contributed by atoms with Crippen molar-refractivity contribution in [1.82, 2.24) is 19.2 Å². The SMILES string of the molecule is CCn1c(=O)c2ccccc2n2c(CNc3ccc(C)cc3)nnc12. The van der Waals surface area contributed by atoms with Crippen molar-refractivity contribution in [2.24, 2.45) is 0 Å². The maximum atomic E-state index is 12.7. The van der Waals surface area contributed by atoms with Crippen LogP contribution in [0.2, 0.25) is 0 Å². The molecule has 4 aromatic rings. The summed E-state index contributed by atoms with van der Waals surface area (Å²) in [5, 5.41) is 12.6. The summed E-state index contributed by atoms with van der Waals surface area (Å²) in [6.07, 6.45) is 0. The van der Waals surface area contributed by atoms with Gasteiger partial charge in [-0.15, -0.1) is 10.2 Å². The van der Waals surface area contributed by atoms with Crippen LogP contribution in [0.25, 0.3) is 16.7 Å². The van der Waals surface area contributed by atoms with E-state index in [4.69, 9.17) is 0 Å². The van der Waals surface area contributed by atoms with E-state index in [1.54, 1.807) is 4.57 Å². The van der Waals surface area contributed by atoms with Crippen molar-refractivity contribution in [2.45, 2.75) is 26.9 Å². The van der Waals surface area contributed by atoms with Gasteiger partial charge in [0.25, 0.3) is 5.56 Å². The van der Waals surface area contributed by atoms with Crippen LogP contribution in [0.15, 0.2) is 53.3 Å². The third kappa shape index (κ3) is 2.55. The molecule has 4 rings (SSSR count). The van der Waals surface area contributed by atoms with Gasteiger partial charge in [0.05, 0.1) is 17.4 Å². The largest absolute Gasteiger partial charge is 0.378 e. The van der Waals surface area contributed by atoms with E-state index in [1.165, 1.54) is 5.56 Å². The van der Waals surface area contributed by atoms with E-state index in [1.807, 2.05) is 47.7 Å². The van der Waals surface area contributed by atoms with Gasteiger partial charge in [0.2, 0.25) is 5.78 Å². The van der Waals surface area contributed by atoms with Crippen LogP contribution in [0, 0.1) is 6.92 Å². The van der Waals surface area contributed by atoms with Gasteiger partial charge in [-0.3, -0.25) is 13.8 Å². The molecule has 2 aromatic carbocycles. The number of nitrogens with one attached hydrogen (secondary N) is 1. The van der Waals surface area contributed by atoms with Crippen LogP contribution >= 0.6 is 0 Å². The molecule has 0 fully saturated rings. The van der Waals surface area contributed by atoms with Crippen molar-refractivity contribution < 1.29 is 0 Å². The number of aromatic nitrogens is 4. The topological polar surface area (TPSA) is 64.2 Å². The molecule has 2 aromatic heterocycles. The number of nitrogens with zero attached hydrogens (tertiary/aromatic N) is 4. The first-order chi connectivity index (χ1) is 12.2. The van der Waals surface area contributed by atoms with Gasteiger partial charge in [-0.2, -0.15) is 0 Å². The fourth-order valence-corrected chi connectivity index (χ4v) is 3.07. The van der Waals surface area contributed by atoms with Gasteiger partial charge in [0, 0.05) is 12.2 Å². The Hall–Kier alpha value is -3.15. The minimum atomic E-state index is -0.0314. The predicted molar refractivity (Wildman–Crippen MR) is 98.9 cm³/mol. The fourth-order valence-electron chi connectivity index (χ4n) is 3.07. The summed E-state index contributed by atoms with van der Waals surface area (Å²) in [4.78, 5) is 12.7. The van der Waals surface area contributed by atoms with Crippen LogP contribution in [0.4, 0.5) is 5.69 Å². The van der Waals surface area contributed by atoms with Crippen LogP contribution in [-0.2, 0) is 13.1 Å². The zero-order valence-corrected chi connectivity index (χ0v) is 14.2. The standard InChI is InChI=1S/C19H19N5O/c1-3-23-18(25)15-6-4-5-7-16(15)24-17(21-22-19(23)24)12-20-14-10-8-13(2)9-11-14/h4-11,20H,3,12H2,1-2H3. The molecule has 0 atom stereocenters. The molecule has 0 bridgehead atoms. The monoisotopic (exact) mass is 333 g/mol. The maximum Gasteiger partial charge on any atom is 0.262 e. The summed E-state index contributed by atoms with van der Waals surface area (Å²) in [5.74, 6) is 1.35. The molecule has 0 aliphatic rings. The van der Waals surface area contributed by atoms with E-state index < -0.39 is 0 Å². The van der Waals surface area contributed by atoms with Crippen molar-refractivity contribution in [1.29, 1.82) is 0 Å². The fraction of sp³-hybridized carbons (Fsp3) is 0.211. The Morgan fingerprint density at radius 3 is 2.56 bits per heavy atom. The molecule has 0 radical (unpaired) electrons. The third-order valence-electron chi connectivity index (χ3n) is 4.39. The normalized spacial score (nSPS) is 11.3. The van der Waals surface area contributed by atoms with Gasteiger partial charge in [0.15, 0.2) is 5.82 Å². The van der Waals surface area contributed by atoms with E-state index in [-0.39, 0.29) is 5.56 Å². The predicted octanol–water partition coefficient (Wildman–Crippen LogP) is 2.98. The van der Waals surface area contributed by atoms with Crippen LogP contribution in [-0.4, -0.2) is 19.2 Å². The Balaban J connectivity index is 1.84. The summed E-state index contributed by atoms with van der Waals surface area (Å²) >= 11 is 0. The minimum absolute atomic E-state index is 0.0314. The molecule has 25 heavy (non-hydrogen) atoms. The highest BCUT2D eigenvalue weighted by Crippen LogP contribution is 2.16. The molecule has 2 heterocycles. The minimum Gasteiger partial charge on any atom is -0.378 e. The Morgan fingerprint density at radius 1 is 1.04 bits per heavy atom. The third-order valence-corrected chi connectivity index (χ3v) is 4.39. The second kappa shape index (κ2) is 6.05. The molecule has 0 aliphatic carbocycles. The van der Waals surface area contributed by atoms with Crippen LogP contribution < -0.4 is 10.9 Å². The molecular formula is C19H19N5O. The Kier molecular flexibility index (Phi) is 3.72. The molecule has 0 amide bonds. The highest BCUT2D eigenvalue weighted by atomic mass is 16.1. The molecule has 0 unspecified atom stereocenters. The van der Waals surface area contributed by atoms with Crippen molar-refractivity contribution in [3.63, 3.8) is 0 Å². The van der Waals surface area contributed by atoms with E-state index in [9.17, 15) is 4.79 Å². The summed E-state index contributed by atoms with van der Waals surface area (Å²) in [5.41, 5.74) is 3.04. The molecular weight excluding hydrogens is 314 g/mol. The quantitative estimate of drug-likeness (QED) is 0.623. The van der Waals surface area contributed by atoms with E-state index in [0.717, 1.165) is 17.0 Å². The Morgan fingerprint density at radius 2 is 1.80 bits per heavy atom. The lowest BCUT2D eigenvalue weighted by molar-refractivity contribution is 0.734. The molecule has 1 N–H and O–H groups in total. The van der Waals surface area contributed by atoms with Crippen molar-refractivity contribution >= 4 is 22.4 Å². The highest BCUT2D eigenvalue weighted by Gasteiger charge is 2.15. The van der Waals surface area contributed by atoms with E-state index in [2.05, 4.69) is 34.6 Å². The van der Waals surface area contributed by atoms with Gasteiger partial charge in [-0.25, -0.2) is 0 Å². The number of aryl methyl sites for hydroxylation is 2. The number of hydrogen-bond donors (Lipinski definition) is 1. The van der Waals surface area contributed by atoms with Crippen LogP contribution in [0.3, 0.4) is 0 Å². The Bertz CT molecular complexity index is 1110. The first kappa shape index (κ1) is 15.4. The van der Waals surface area contributed by atoms with Crippen molar-refractivity contribution in [3.05, 3.63) is 70.3 Å². The molecule has 0 saturated heterocycles. The first-order valence-electron chi connectivity index (χ1n) is 8.35. The summed E-state index contributed by atoms with van der Waals surface area (Å²) in [7, 11) is 0. The van der Waals surface area contributed by atoms with E-state index in [0.29, 0.717) is 24.3 Å². The van der Waals surface area contributed by atoms with Crippen molar-refractivity contribution in [3.8, 4) is 0 Å². The van der Waals surface area contributed by atoms with Gasteiger partial charge < -0.3 is 5.32 Å². The summed E-state index contributed by atoms with van der Waals surface area (Å²) < 4.78 is 3.62. The van der Waals surface area contributed by atoms with Gasteiger partial charge >= 0.3 is 0 Å². The number of hydrogen-bond acceptors (Lipinski definition) is 4. The van der Waals surface area contributed by atoms with Gasteiger partial charge in [0.1, 0.15) is 0 Å². The van der Waals surface area contributed by atoms with Crippen LogP contribution in [0.5, 0.6) is 0 Å². The number of para-hydroxylation sites is 1. The molecule has 6 heteroatoms. The highest BCUT2D eigenvalue weighted by molar-refractivity contribution is 5.80. The molecule has 0 aliphatic heterocycles. The molecule has 126 valence electrons. The van der Waals surface area contributed by atoms with E-state index >= 15 is 0 Å². The summed E-state index contributed by atoms with van der Waals surface area (Å²) in [6.45, 7) is 5.08. The number of rotatable bonds is 4. The van der Waals surface area contributed by atoms with Gasteiger partial charge in [-0.05, 0) is 38.1 Å².